The average molecular weight is 274 g/mol. The van der Waals surface area contributed by atoms with Gasteiger partial charge in [0.05, 0.1) is 13.2 Å². The number of aliphatic hydroxyl groups is 1. The van der Waals surface area contributed by atoms with Crippen molar-refractivity contribution in [2.75, 3.05) is 7.11 Å². The molecule has 0 amide bonds. The molecule has 20 heavy (non-hydrogen) atoms. The molecule has 2 aromatic rings. The summed E-state index contributed by atoms with van der Waals surface area (Å²) in [6.07, 6.45) is -0.143. The van der Waals surface area contributed by atoms with E-state index in [9.17, 15) is 9.50 Å². The molecule has 0 saturated carbocycles. The van der Waals surface area contributed by atoms with Crippen molar-refractivity contribution < 1.29 is 14.2 Å². The predicted molar refractivity (Wildman–Crippen MR) is 77.5 cm³/mol. The topological polar surface area (TPSA) is 29.5 Å². The lowest BCUT2D eigenvalue weighted by atomic mass is 9.98. The number of rotatable bonds is 4. The van der Waals surface area contributed by atoms with Gasteiger partial charge < -0.3 is 9.84 Å². The van der Waals surface area contributed by atoms with E-state index in [0.717, 1.165) is 16.9 Å². The molecule has 0 heterocycles. The SMILES string of the molecule is COc1ccc(CC(O)c2cc(C)c(F)c(C)c2)cc1. The minimum Gasteiger partial charge on any atom is -0.497 e. The second kappa shape index (κ2) is 6.06. The van der Waals surface area contributed by atoms with E-state index in [1.807, 2.05) is 24.3 Å². The van der Waals surface area contributed by atoms with Gasteiger partial charge in [0.1, 0.15) is 11.6 Å². The van der Waals surface area contributed by atoms with Gasteiger partial charge in [-0.15, -0.1) is 0 Å². The molecule has 0 aliphatic carbocycles. The number of hydrogen-bond acceptors (Lipinski definition) is 2. The summed E-state index contributed by atoms with van der Waals surface area (Å²) in [6.45, 7) is 3.43. The zero-order valence-electron chi connectivity index (χ0n) is 12.0. The first-order valence-corrected chi connectivity index (χ1v) is 6.59. The highest BCUT2D eigenvalue weighted by atomic mass is 19.1. The molecule has 0 aliphatic heterocycles. The van der Waals surface area contributed by atoms with Crippen LogP contribution in [0.3, 0.4) is 0 Å². The van der Waals surface area contributed by atoms with Crippen molar-refractivity contribution in [3.05, 3.63) is 64.5 Å². The molecule has 2 rings (SSSR count). The van der Waals surface area contributed by atoms with E-state index in [4.69, 9.17) is 4.74 Å². The van der Waals surface area contributed by atoms with Crippen LogP contribution in [0, 0.1) is 19.7 Å². The van der Waals surface area contributed by atoms with Crippen molar-refractivity contribution in [1.82, 2.24) is 0 Å². The molecule has 1 atom stereocenters. The third-order valence-corrected chi connectivity index (χ3v) is 3.43. The van der Waals surface area contributed by atoms with Crippen molar-refractivity contribution in [1.29, 1.82) is 0 Å². The molecule has 1 unspecified atom stereocenters. The molecular formula is C17H19FO2. The fourth-order valence-corrected chi connectivity index (χ4v) is 2.27. The Balaban J connectivity index is 2.16. The maximum Gasteiger partial charge on any atom is 0.129 e. The molecule has 0 bridgehead atoms. The highest BCUT2D eigenvalue weighted by molar-refractivity contribution is 5.33. The number of aliphatic hydroxyl groups excluding tert-OH is 1. The fourth-order valence-electron chi connectivity index (χ4n) is 2.27. The molecule has 0 spiro atoms. The van der Waals surface area contributed by atoms with Gasteiger partial charge in [-0.05, 0) is 48.2 Å². The van der Waals surface area contributed by atoms with Crippen LogP contribution in [0.25, 0.3) is 0 Å². The Hall–Kier alpha value is -1.87. The van der Waals surface area contributed by atoms with Crippen molar-refractivity contribution in [2.45, 2.75) is 26.4 Å². The number of aryl methyl sites for hydroxylation is 2. The van der Waals surface area contributed by atoms with Crippen LogP contribution in [0.1, 0.15) is 28.4 Å². The molecule has 106 valence electrons. The predicted octanol–water partition coefficient (Wildman–Crippen LogP) is 3.73. The summed E-state index contributed by atoms with van der Waals surface area (Å²) in [5.41, 5.74) is 2.89. The van der Waals surface area contributed by atoms with Gasteiger partial charge in [0.2, 0.25) is 0 Å². The second-order valence-electron chi connectivity index (χ2n) is 5.04. The van der Waals surface area contributed by atoms with Gasteiger partial charge in [0, 0.05) is 6.42 Å². The highest BCUT2D eigenvalue weighted by Crippen LogP contribution is 2.24. The third kappa shape index (κ3) is 3.17. The van der Waals surface area contributed by atoms with Crippen molar-refractivity contribution in [3.63, 3.8) is 0 Å². The number of halogens is 1. The van der Waals surface area contributed by atoms with Crippen LogP contribution in [0.5, 0.6) is 5.75 Å². The Labute approximate surface area is 118 Å². The van der Waals surface area contributed by atoms with Gasteiger partial charge in [-0.1, -0.05) is 24.3 Å². The molecule has 0 fully saturated rings. The van der Waals surface area contributed by atoms with E-state index < -0.39 is 6.10 Å². The Morgan fingerprint density at radius 3 is 2.15 bits per heavy atom. The Morgan fingerprint density at radius 1 is 1.10 bits per heavy atom. The molecule has 0 saturated heterocycles. The first-order chi connectivity index (χ1) is 9.51. The summed E-state index contributed by atoms with van der Waals surface area (Å²) >= 11 is 0. The number of methoxy groups -OCH3 is 1. The van der Waals surface area contributed by atoms with E-state index in [1.165, 1.54) is 0 Å². The zero-order chi connectivity index (χ0) is 14.7. The van der Waals surface area contributed by atoms with E-state index >= 15 is 0 Å². The maximum atomic E-state index is 13.6. The van der Waals surface area contributed by atoms with Crippen LogP contribution in [0.4, 0.5) is 4.39 Å². The van der Waals surface area contributed by atoms with Gasteiger partial charge in [-0.2, -0.15) is 0 Å². The summed E-state index contributed by atoms with van der Waals surface area (Å²) in [4.78, 5) is 0. The average Bonchev–Trinajstić information content (AvgIpc) is 2.45. The molecule has 0 aromatic heterocycles. The van der Waals surface area contributed by atoms with Crippen LogP contribution in [-0.2, 0) is 6.42 Å². The number of benzene rings is 2. The zero-order valence-corrected chi connectivity index (χ0v) is 12.0. The first kappa shape index (κ1) is 14.5. The molecule has 2 nitrogen and oxygen atoms in total. The fraction of sp³-hybridized carbons (Fsp3) is 0.294. The van der Waals surface area contributed by atoms with Crippen LogP contribution in [0.2, 0.25) is 0 Å². The molecule has 0 aliphatic rings. The summed E-state index contributed by atoms with van der Waals surface area (Å²) < 4.78 is 18.7. The minimum atomic E-state index is -0.638. The van der Waals surface area contributed by atoms with Gasteiger partial charge in [-0.3, -0.25) is 0 Å². The summed E-state index contributed by atoms with van der Waals surface area (Å²) in [6, 6.07) is 11.0. The first-order valence-electron chi connectivity index (χ1n) is 6.59. The maximum absolute atomic E-state index is 13.6. The van der Waals surface area contributed by atoms with Crippen molar-refractivity contribution in [3.8, 4) is 5.75 Å². The molecule has 1 N–H and O–H groups in total. The quantitative estimate of drug-likeness (QED) is 0.920. The summed E-state index contributed by atoms with van der Waals surface area (Å²) in [7, 11) is 1.62. The Bertz CT molecular complexity index is 567. The van der Waals surface area contributed by atoms with Crippen LogP contribution < -0.4 is 4.74 Å². The lowest BCUT2D eigenvalue weighted by molar-refractivity contribution is 0.178. The molecular weight excluding hydrogens is 255 g/mol. The summed E-state index contributed by atoms with van der Waals surface area (Å²) in [5, 5.41) is 10.3. The molecule has 2 aromatic carbocycles. The smallest absolute Gasteiger partial charge is 0.129 e. The van der Waals surface area contributed by atoms with Crippen LogP contribution in [0.15, 0.2) is 36.4 Å². The van der Waals surface area contributed by atoms with Gasteiger partial charge in [0.25, 0.3) is 0 Å². The van der Waals surface area contributed by atoms with E-state index in [1.54, 1.807) is 33.1 Å². The van der Waals surface area contributed by atoms with Gasteiger partial charge >= 0.3 is 0 Å². The largest absolute Gasteiger partial charge is 0.497 e. The summed E-state index contributed by atoms with van der Waals surface area (Å²) in [5.74, 6) is 0.585. The minimum absolute atomic E-state index is 0.203. The number of ether oxygens (including phenoxy) is 1. The Kier molecular flexibility index (Phi) is 4.40. The third-order valence-electron chi connectivity index (χ3n) is 3.43. The molecule has 0 radical (unpaired) electrons. The van der Waals surface area contributed by atoms with Gasteiger partial charge in [0.15, 0.2) is 0 Å². The normalized spacial score (nSPS) is 12.2. The van der Waals surface area contributed by atoms with Crippen molar-refractivity contribution >= 4 is 0 Å². The van der Waals surface area contributed by atoms with Crippen LogP contribution in [-0.4, -0.2) is 12.2 Å². The lowest BCUT2D eigenvalue weighted by Gasteiger charge is -2.14. The van der Waals surface area contributed by atoms with Gasteiger partial charge in [-0.25, -0.2) is 4.39 Å². The molecule has 3 heteroatoms. The number of hydrogen-bond donors (Lipinski definition) is 1. The van der Waals surface area contributed by atoms with E-state index in [-0.39, 0.29) is 5.82 Å². The van der Waals surface area contributed by atoms with E-state index in [2.05, 4.69) is 0 Å². The Morgan fingerprint density at radius 2 is 1.65 bits per heavy atom. The van der Waals surface area contributed by atoms with Crippen molar-refractivity contribution in [2.24, 2.45) is 0 Å². The lowest BCUT2D eigenvalue weighted by Crippen LogP contribution is -2.04. The highest BCUT2D eigenvalue weighted by Gasteiger charge is 2.12. The monoisotopic (exact) mass is 274 g/mol. The standard InChI is InChI=1S/C17H19FO2/c1-11-8-14(9-12(2)17(11)18)16(19)10-13-4-6-15(20-3)7-5-13/h4-9,16,19H,10H2,1-3H3. The van der Waals surface area contributed by atoms with Crippen LogP contribution >= 0.6 is 0 Å². The second-order valence-corrected chi connectivity index (χ2v) is 5.04. The van der Waals surface area contributed by atoms with E-state index in [0.29, 0.717) is 17.5 Å².